The lowest BCUT2D eigenvalue weighted by Gasteiger charge is -2.08. The van der Waals surface area contributed by atoms with Crippen LogP contribution >= 0.6 is 0 Å². The van der Waals surface area contributed by atoms with Gasteiger partial charge in [0.2, 0.25) is 0 Å². The van der Waals surface area contributed by atoms with Crippen LogP contribution in [0, 0.1) is 6.92 Å². The van der Waals surface area contributed by atoms with Gasteiger partial charge in [-0.05, 0) is 24.1 Å². The smallest absolute Gasteiger partial charge is 0.312 e. The average Bonchev–Trinajstić information content (AvgIpc) is 2.62. The van der Waals surface area contributed by atoms with Gasteiger partial charge < -0.3 is 15.8 Å². The summed E-state index contributed by atoms with van der Waals surface area (Å²) in [6, 6.07) is 5.89. The summed E-state index contributed by atoms with van der Waals surface area (Å²) < 4.78 is 0. The molecule has 0 aliphatic heterocycles. The molecule has 0 aliphatic carbocycles. The number of hydrogen-bond acceptors (Lipinski definition) is 2. The number of aliphatic carboxylic acids is 1. The number of carboxylic acid groups (broad SMARTS) is 1. The fourth-order valence-electron chi connectivity index (χ4n) is 1.91. The molecule has 0 aliphatic rings. The van der Waals surface area contributed by atoms with E-state index in [-0.39, 0.29) is 6.54 Å². The van der Waals surface area contributed by atoms with Crippen LogP contribution in [0.3, 0.4) is 0 Å². The maximum Gasteiger partial charge on any atom is 0.312 e. The predicted molar refractivity (Wildman–Crippen MR) is 62.5 cm³/mol. The van der Waals surface area contributed by atoms with Crippen LogP contribution in [0.25, 0.3) is 10.9 Å². The number of hydrogen-bond donors (Lipinski definition) is 3. The van der Waals surface area contributed by atoms with Crippen LogP contribution in [0.2, 0.25) is 0 Å². The summed E-state index contributed by atoms with van der Waals surface area (Å²) >= 11 is 0. The Kier molecular flexibility index (Phi) is 2.66. The van der Waals surface area contributed by atoms with Crippen molar-refractivity contribution in [3.63, 3.8) is 0 Å². The molecule has 16 heavy (non-hydrogen) atoms. The molecule has 1 unspecified atom stereocenters. The lowest BCUT2D eigenvalue weighted by atomic mass is 9.98. The molecule has 0 saturated carbocycles. The molecule has 4 N–H and O–H groups in total. The van der Waals surface area contributed by atoms with Crippen molar-refractivity contribution in [3.05, 3.63) is 35.5 Å². The number of aromatic amines is 1. The van der Waals surface area contributed by atoms with E-state index in [0.717, 1.165) is 22.0 Å². The van der Waals surface area contributed by atoms with Gasteiger partial charge in [0.15, 0.2) is 0 Å². The van der Waals surface area contributed by atoms with Crippen molar-refractivity contribution in [2.24, 2.45) is 5.73 Å². The van der Waals surface area contributed by atoms with Crippen molar-refractivity contribution in [1.29, 1.82) is 0 Å². The fraction of sp³-hybridized carbons (Fsp3) is 0.250. The quantitative estimate of drug-likeness (QED) is 0.732. The van der Waals surface area contributed by atoms with Gasteiger partial charge in [0.25, 0.3) is 0 Å². The largest absolute Gasteiger partial charge is 0.481 e. The molecule has 1 heterocycles. The molecule has 0 amide bonds. The molecule has 1 atom stereocenters. The molecular weight excluding hydrogens is 204 g/mol. The van der Waals surface area contributed by atoms with Gasteiger partial charge in [-0.2, -0.15) is 0 Å². The first-order chi connectivity index (χ1) is 7.63. The lowest BCUT2D eigenvalue weighted by molar-refractivity contribution is -0.138. The molecule has 4 heteroatoms. The van der Waals surface area contributed by atoms with Crippen molar-refractivity contribution in [3.8, 4) is 0 Å². The molecule has 84 valence electrons. The van der Waals surface area contributed by atoms with Gasteiger partial charge in [0.05, 0.1) is 5.92 Å². The monoisotopic (exact) mass is 218 g/mol. The Balaban J connectivity index is 2.57. The van der Waals surface area contributed by atoms with Crippen LogP contribution in [0.15, 0.2) is 24.4 Å². The normalized spacial score (nSPS) is 12.9. The minimum Gasteiger partial charge on any atom is -0.481 e. The predicted octanol–water partition coefficient (Wildman–Crippen LogP) is 1.60. The van der Waals surface area contributed by atoms with Crippen LogP contribution in [-0.2, 0) is 4.79 Å². The zero-order valence-corrected chi connectivity index (χ0v) is 9.03. The van der Waals surface area contributed by atoms with Crippen molar-refractivity contribution in [2.75, 3.05) is 6.54 Å². The van der Waals surface area contributed by atoms with E-state index in [0.29, 0.717) is 0 Å². The Hall–Kier alpha value is -1.81. The fourth-order valence-corrected chi connectivity index (χ4v) is 1.91. The van der Waals surface area contributed by atoms with E-state index in [9.17, 15) is 4.79 Å². The second-order valence-electron chi connectivity index (χ2n) is 3.92. The molecule has 0 saturated heterocycles. The lowest BCUT2D eigenvalue weighted by Crippen LogP contribution is -2.20. The highest BCUT2D eigenvalue weighted by Crippen LogP contribution is 2.26. The Morgan fingerprint density at radius 2 is 2.31 bits per heavy atom. The molecule has 0 spiro atoms. The highest BCUT2D eigenvalue weighted by molar-refractivity contribution is 5.89. The van der Waals surface area contributed by atoms with Crippen LogP contribution in [-0.4, -0.2) is 22.6 Å². The molecular formula is C12H14N2O2. The molecule has 1 aromatic carbocycles. The zero-order valence-electron chi connectivity index (χ0n) is 9.03. The van der Waals surface area contributed by atoms with E-state index < -0.39 is 11.9 Å². The summed E-state index contributed by atoms with van der Waals surface area (Å²) in [4.78, 5) is 14.1. The van der Waals surface area contributed by atoms with E-state index in [4.69, 9.17) is 10.8 Å². The van der Waals surface area contributed by atoms with Gasteiger partial charge in [-0.3, -0.25) is 4.79 Å². The number of H-pyrrole nitrogens is 1. The first-order valence-electron chi connectivity index (χ1n) is 5.14. The topological polar surface area (TPSA) is 79.1 Å². The summed E-state index contributed by atoms with van der Waals surface area (Å²) in [6.45, 7) is 2.10. The van der Waals surface area contributed by atoms with Crippen molar-refractivity contribution >= 4 is 16.9 Å². The molecule has 2 rings (SSSR count). The minimum atomic E-state index is -0.885. The zero-order chi connectivity index (χ0) is 11.7. The number of aromatic nitrogens is 1. The number of aryl methyl sites for hydroxylation is 1. The molecule has 0 fully saturated rings. The Morgan fingerprint density at radius 3 is 2.94 bits per heavy atom. The van der Waals surface area contributed by atoms with Crippen LogP contribution in [0.1, 0.15) is 17.0 Å². The second kappa shape index (κ2) is 3.98. The average molecular weight is 218 g/mol. The third-order valence-corrected chi connectivity index (χ3v) is 2.78. The summed E-state index contributed by atoms with van der Waals surface area (Å²) in [5.74, 6) is -1.53. The third kappa shape index (κ3) is 1.67. The van der Waals surface area contributed by atoms with Gasteiger partial charge >= 0.3 is 5.97 Å². The number of nitrogens with one attached hydrogen (secondary N) is 1. The summed E-state index contributed by atoms with van der Waals surface area (Å²) in [5.41, 5.74) is 8.34. The maximum atomic E-state index is 11.0. The van der Waals surface area contributed by atoms with Crippen molar-refractivity contribution in [1.82, 2.24) is 4.98 Å². The molecule has 0 radical (unpaired) electrons. The van der Waals surface area contributed by atoms with Gasteiger partial charge in [-0.25, -0.2) is 0 Å². The van der Waals surface area contributed by atoms with Gasteiger partial charge in [0, 0.05) is 23.6 Å². The second-order valence-corrected chi connectivity index (χ2v) is 3.92. The number of nitrogens with two attached hydrogens (primary N) is 1. The number of rotatable bonds is 3. The van der Waals surface area contributed by atoms with E-state index >= 15 is 0 Å². The van der Waals surface area contributed by atoms with Gasteiger partial charge in [0.1, 0.15) is 0 Å². The highest BCUT2D eigenvalue weighted by atomic mass is 16.4. The SMILES string of the molecule is Cc1ccc2c(C(CN)C(=O)O)c[nH]c2c1. The van der Waals surface area contributed by atoms with E-state index in [1.54, 1.807) is 6.20 Å². The number of fused-ring (bicyclic) bond motifs is 1. The minimum absolute atomic E-state index is 0.107. The summed E-state index contributed by atoms with van der Waals surface area (Å²) in [5, 5.41) is 10.00. The van der Waals surface area contributed by atoms with Crippen LogP contribution in [0.4, 0.5) is 0 Å². The van der Waals surface area contributed by atoms with E-state index in [1.165, 1.54) is 0 Å². The molecule has 2 aromatic rings. The number of carboxylic acids is 1. The maximum absolute atomic E-state index is 11.0. The molecule has 4 nitrogen and oxygen atoms in total. The first-order valence-corrected chi connectivity index (χ1v) is 5.14. The van der Waals surface area contributed by atoms with E-state index in [1.807, 2.05) is 25.1 Å². The van der Waals surface area contributed by atoms with Crippen molar-refractivity contribution in [2.45, 2.75) is 12.8 Å². The summed E-state index contributed by atoms with van der Waals surface area (Å²) in [6.07, 6.45) is 1.73. The third-order valence-electron chi connectivity index (χ3n) is 2.78. The highest BCUT2D eigenvalue weighted by Gasteiger charge is 2.21. The van der Waals surface area contributed by atoms with Crippen LogP contribution in [0.5, 0.6) is 0 Å². The first kappa shape index (κ1) is 10.7. The van der Waals surface area contributed by atoms with Gasteiger partial charge in [-0.1, -0.05) is 12.1 Å². The summed E-state index contributed by atoms with van der Waals surface area (Å²) in [7, 11) is 0. The molecule has 1 aromatic heterocycles. The van der Waals surface area contributed by atoms with Gasteiger partial charge in [-0.15, -0.1) is 0 Å². The Bertz CT molecular complexity index is 531. The Morgan fingerprint density at radius 1 is 1.56 bits per heavy atom. The number of benzene rings is 1. The standard InChI is InChI=1S/C12H14N2O2/c1-7-2-3-8-10(6-14-11(8)4-7)9(5-13)12(15)16/h2-4,6,9,14H,5,13H2,1H3,(H,15,16). The Labute approximate surface area is 93.1 Å². The van der Waals surface area contributed by atoms with Crippen LogP contribution < -0.4 is 5.73 Å². The number of carbonyl (C=O) groups is 1. The van der Waals surface area contributed by atoms with E-state index in [2.05, 4.69) is 4.98 Å². The van der Waals surface area contributed by atoms with Crippen molar-refractivity contribution < 1.29 is 9.90 Å². The molecule has 0 bridgehead atoms.